The van der Waals surface area contributed by atoms with Gasteiger partial charge in [-0.2, -0.15) is 4.99 Å². The number of hydrogen-bond donors (Lipinski definition) is 1. The fourth-order valence-electron chi connectivity index (χ4n) is 4.48. The topological polar surface area (TPSA) is 78.5 Å². The van der Waals surface area contributed by atoms with E-state index in [1.165, 1.54) is 103 Å². The highest BCUT2D eigenvalue weighted by Crippen LogP contribution is 2.18. The Bertz CT molecular complexity index is 571. The number of carboxylic acid groups (broad SMARTS) is 1. The van der Waals surface area contributed by atoms with Gasteiger partial charge in [-0.05, 0) is 12.8 Å². The number of nitrogens with zero attached hydrogens (tertiary/aromatic N) is 2. The van der Waals surface area contributed by atoms with Gasteiger partial charge >= 0.3 is 0 Å². The molecule has 5 nitrogen and oxygen atoms in total. The summed E-state index contributed by atoms with van der Waals surface area (Å²) in [4.78, 5) is 15.5. The smallest absolute Gasteiger partial charge is 0.232 e. The number of quaternary nitrogens is 1. The van der Waals surface area contributed by atoms with Gasteiger partial charge in [0.2, 0.25) is 5.84 Å². The summed E-state index contributed by atoms with van der Waals surface area (Å²) >= 11 is 0. The quantitative estimate of drug-likeness (QED) is 0.173. The number of allylic oxidation sites excluding steroid dienone is 1. The van der Waals surface area contributed by atoms with E-state index in [0.29, 0.717) is 13.1 Å². The van der Waals surface area contributed by atoms with Crippen LogP contribution in [0.1, 0.15) is 116 Å². The molecule has 0 aromatic heterocycles. The van der Waals surface area contributed by atoms with Crippen LogP contribution < -0.4 is 10.8 Å². The molecule has 0 spiro atoms. The Morgan fingerprint density at radius 3 is 1.88 bits per heavy atom. The van der Waals surface area contributed by atoms with Gasteiger partial charge in [0.25, 0.3) is 0 Å². The second-order valence-electron chi connectivity index (χ2n) is 9.36. The summed E-state index contributed by atoms with van der Waals surface area (Å²) in [5.74, 6) is -0.333. The zero-order valence-corrected chi connectivity index (χ0v) is 20.7. The third-order valence-electron chi connectivity index (χ3n) is 6.45. The lowest BCUT2D eigenvalue weighted by Crippen LogP contribution is -2.54. The summed E-state index contributed by atoms with van der Waals surface area (Å²) in [7, 11) is 0. The molecule has 1 atom stereocenters. The van der Waals surface area contributed by atoms with E-state index < -0.39 is 5.97 Å². The third-order valence-corrected chi connectivity index (χ3v) is 6.45. The average molecular weight is 448 g/mol. The van der Waals surface area contributed by atoms with Crippen molar-refractivity contribution in [3.63, 3.8) is 0 Å². The Kier molecular flexibility index (Phi) is 17.0. The average Bonchev–Trinajstić information content (AvgIpc) is 3.14. The predicted molar refractivity (Wildman–Crippen MR) is 134 cm³/mol. The van der Waals surface area contributed by atoms with Crippen LogP contribution in [-0.2, 0) is 4.79 Å². The van der Waals surface area contributed by atoms with Crippen LogP contribution in [-0.4, -0.2) is 35.9 Å². The minimum Gasteiger partial charge on any atom is -0.544 e. The van der Waals surface area contributed by atoms with Crippen LogP contribution in [0.4, 0.5) is 0 Å². The van der Waals surface area contributed by atoms with Crippen molar-refractivity contribution >= 4 is 11.8 Å². The third kappa shape index (κ3) is 13.2. The molecule has 32 heavy (non-hydrogen) atoms. The molecule has 0 amide bonds. The Morgan fingerprint density at radius 1 is 0.906 bits per heavy atom. The van der Waals surface area contributed by atoms with Gasteiger partial charge in [0.1, 0.15) is 19.3 Å². The first-order chi connectivity index (χ1) is 15.6. The van der Waals surface area contributed by atoms with Gasteiger partial charge < -0.3 is 15.6 Å². The molecule has 0 aromatic rings. The highest BCUT2D eigenvalue weighted by molar-refractivity contribution is 5.90. The van der Waals surface area contributed by atoms with Crippen molar-refractivity contribution in [2.24, 2.45) is 10.7 Å². The largest absolute Gasteiger partial charge is 0.544 e. The van der Waals surface area contributed by atoms with Crippen LogP contribution in [0.15, 0.2) is 29.5 Å². The molecular weight excluding hydrogens is 398 g/mol. The molecule has 1 heterocycles. The molecule has 1 aliphatic heterocycles. The van der Waals surface area contributed by atoms with E-state index in [0.717, 1.165) is 12.3 Å². The van der Waals surface area contributed by atoms with Crippen LogP contribution in [0.5, 0.6) is 0 Å². The van der Waals surface area contributed by atoms with Crippen LogP contribution in [0.3, 0.4) is 0 Å². The zero-order chi connectivity index (χ0) is 23.3. The minimum atomic E-state index is -1.08. The molecule has 0 bridgehead atoms. The molecule has 1 unspecified atom stereocenters. The van der Waals surface area contributed by atoms with E-state index in [9.17, 15) is 9.90 Å². The lowest BCUT2D eigenvalue weighted by Gasteiger charge is -2.31. The lowest BCUT2D eigenvalue weighted by atomic mass is 10.0. The standard InChI is InChI=1S/C27H49N3O2/c1-2-3-4-5-6-7-8-9-10-11-12-13-14-15-16-17-18-19-20-26-29-22-24-30(26,23-21-28)25-27(31)32/h19-20,22,24H,2-18,21,23,25,28H2,1H3/b20-19+. The van der Waals surface area contributed by atoms with Crippen LogP contribution in [0.2, 0.25) is 0 Å². The number of aliphatic imine (C=N–C) groups is 1. The highest BCUT2D eigenvalue weighted by Gasteiger charge is 2.33. The maximum absolute atomic E-state index is 11.1. The molecular formula is C27H49N3O2. The second-order valence-corrected chi connectivity index (χ2v) is 9.36. The van der Waals surface area contributed by atoms with Crippen molar-refractivity contribution in [1.29, 1.82) is 0 Å². The predicted octanol–water partition coefficient (Wildman–Crippen LogP) is 5.60. The van der Waals surface area contributed by atoms with Gasteiger partial charge in [-0.3, -0.25) is 0 Å². The van der Waals surface area contributed by atoms with Gasteiger partial charge in [-0.25, -0.2) is 4.48 Å². The summed E-state index contributed by atoms with van der Waals surface area (Å²) in [6, 6.07) is 0. The number of rotatable bonds is 22. The molecule has 0 aromatic carbocycles. The van der Waals surface area contributed by atoms with E-state index in [1.54, 1.807) is 12.4 Å². The molecule has 5 heteroatoms. The van der Waals surface area contributed by atoms with E-state index >= 15 is 0 Å². The Balaban J connectivity index is 1.96. The molecule has 1 aliphatic rings. The van der Waals surface area contributed by atoms with Crippen LogP contribution >= 0.6 is 0 Å². The summed E-state index contributed by atoms with van der Waals surface area (Å²) in [5.41, 5.74) is 5.69. The first-order valence-electron chi connectivity index (χ1n) is 13.3. The van der Waals surface area contributed by atoms with Crippen molar-refractivity contribution in [2.75, 3.05) is 19.6 Å². The summed E-state index contributed by atoms with van der Waals surface area (Å²) in [6.45, 7) is 3.09. The molecule has 0 fully saturated rings. The maximum atomic E-state index is 11.1. The molecule has 1 rings (SSSR count). The van der Waals surface area contributed by atoms with Crippen molar-refractivity contribution < 1.29 is 14.4 Å². The van der Waals surface area contributed by atoms with Crippen LogP contribution in [0.25, 0.3) is 0 Å². The van der Waals surface area contributed by atoms with Crippen molar-refractivity contribution in [3.8, 4) is 0 Å². The monoisotopic (exact) mass is 447 g/mol. The Morgan fingerprint density at radius 2 is 1.41 bits per heavy atom. The highest BCUT2D eigenvalue weighted by atomic mass is 16.4. The number of hydrogen-bond acceptors (Lipinski definition) is 4. The Hall–Kier alpha value is -1.46. The fourth-order valence-corrected chi connectivity index (χ4v) is 4.48. The molecule has 2 N–H and O–H groups in total. The van der Waals surface area contributed by atoms with Gasteiger partial charge in [0, 0.05) is 12.6 Å². The number of carbonyl (C=O) groups is 1. The normalized spacial score (nSPS) is 18.0. The number of unbranched alkanes of at least 4 members (excludes halogenated alkanes) is 16. The first kappa shape index (κ1) is 28.6. The SMILES string of the molecule is CCCCCCCCCCCCCCCCCC/C=C/C1=NC=C[N+]1(CCN)CC(=O)[O-]. The summed E-state index contributed by atoms with van der Waals surface area (Å²) in [5, 5.41) is 11.1. The molecule has 0 saturated heterocycles. The van der Waals surface area contributed by atoms with Crippen molar-refractivity contribution in [2.45, 2.75) is 116 Å². The van der Waals surface area contributed by atoms with E-state index in [1.807, 2.05) is 6.08 Å². The number of nitrogens with two attached hydrogens (primary N) is 1. The van der Waals surface area contributed by atoms with Crippen molar-refractivity contribution in [1.82, 2.24) is 0 Å². The number of carboxylic acids is 1. The molecule has 0 radical (unpaired) electrons. The van der Waals surface area contributed by atoms with E-state index in [4.69, 9.17) is 5.73 Å². The maximum Gasteiger partial charge on any atom is 0.232 e. The number of carbonyl (C=O) groups excluding carboxylic acids is 1. The van der Waals surface area contributed by atoms with E-state index in [2.05, 4.69) is 18.0 Å². The first-order valence-corrected chi connectivity index (χ1v) is 13.3. The van der Waals surface area contributed by atoms with Gasteiger partial charge in [0.15, 0.2) is 0 Å². The lowest BCUT2D eigenvalue weighted by molar-refractivity contribution is -0.778. The Labute approximate surface area is 197 Å². The minimum absolute atomic E-state index is 0.115. The summed E-state index contributed by atoms with van der Waals surface area (Å²) < 4.78 is 0.161. The summed E-state index contributed by atoms with van der Waals surface area (Å²) in [6.07, 6.45) is 30.6. The van der Waals surface area contributed by atoms with Gasteiger partial charge in [0.05, 0.1) is 12.2 Å². The van der Waals surface area contributed by atoms with Crippen molar-refractivity contribution in [3.05, 3.63) is 24.6 Å². The fraction of sp³-hybridized carbons (Fsp3) is 0.778. The van der Waals surface area contributed by atoms with Crippen LogP contribution in [0, 0.1) is 0 Å². The second kappa shape index (κ2) is 19.0. The molecule has 0 saturated carbocycles. The zero-order valence-electron chi connectivity index (χ0n) is 20.7. The van der Waals surface area contributed by atoms with Gasteiger partial charge in [-0.15, -0.1) is 0 Å². The molecule has 184 valence electrons. The number of aliphatic carboxylic acids is 1. The van der Waals surface area contributed by atoms with E-state index in [-0.39, 0.29) is 11.0 Å². The van der Waals surface area contributed by atoms with Gasteiger partial charge in [-0.1, -0.05) is 109 Å². The molecule has 0 aliphatic carbocycles. The number of amidine groups is 1.